The number of anilines is 1. The van der Waals surface area contributed by atoms with Crippen LogP contribution < -0.4 is 5.32 Å². The highest BCUT2D eigenvalue weighted by molar-refractivity contribution is 5.46. The molecule has 0 radical (unpaired) electrons. The van der Waals surface area contributed by atoms with Gasteiger partial charge >= 0.3 is 0 Å². The van der Waals surface area contributed by atoms with Gasteiger partial charge < -0.3 is 9.73 Å². The average molecular weight is 338 g/mol. The first-order valence-electron chi connectivity index (χ1n) is 9.33. The zero-order chi connectivity index (χ0) is 17.5. The van der Waals surface area contributed by atoms with Crippen LogP contribution in [0.1, 0.15) is 74.9 Å². The summed E-state index contributed by atoms with van der Waals surface area (Å²) in [5, 5.41) is 12.5. The number of aromatic nitrogens is 2. The lowest BCUT2D eigenvalue weighted by molar-refractivity contribution is 0.278. The highest BCUT2D eigenvalue weighted by Crippen LogP contribution is 2.38. The van der Waals surface area contributed by atoms with Gasteiger partial charge in [0.25, 0.3) is 0 Å². The Hall–Kier alpha value is -2.35. The molecule has 0 unspecified atom stereocenters. The van der Waals surface area contributed by atoms with Gasteiger partial charge in [-0.2, -0.15) is 5.26 Å². The van der Waals surface area contributed by atoms with E-state index in [1.807, 2.05) is 12.1 Å². The summed E-state index contributed by atoms with van der Waals surface area (Å²) in [7, 11) is 0. The first-order chi connectivity index (χ1) is 12.3. The lowest BCUT2D eigenvalue weighted by atomic mass is 9.80. The van der Waals surface area contributed by atoms with E-state index < -0.39 is 0 Å². The minimum atomic E-state index is 0.346. The molecule has 1 aliphatic carbocycles. The quantitative estimate of drug-likeness (QED) is 0.767. The van der Waals surface area contributed by atoms with E-state index in [2.05, 4.69) is 28.3 Å². The van der Waals surface area contributed by atoms with E-state index in [4.69, 9.17) is 4.42 Å². The van der Waals surface area contributed by atoms with Crippen LogP contribution in [0.5, 0.6) is 0 Å². The van der Waals surface area contributed by atoms with Crippen LogP contribution in [0.2, 0.25) is 0 Å². The number of hydrogen-bond donors (Lipinski definition) is 1. The third-order valence-electron chi connectivity index (χ3n) is 5.09. The Bertz CT molecular complexity index is 696. The fraction of sp³-hybridized carbons (Fsp3) is 0.550. The van der Waals surface area contributed by atoms with E-state index in [1.54, 1.807) is 12.4 Å². The van der Waals surface area contributed by atoms with Gasteiger partial charge in [-0.15, -0.1) is 0 Å². The van der Waals surface area contributed by atoms with Gasteiger partial charge in [0.15, 0.2) is 0 Å². The molecule has 2 aromatic rings. The summed E-state index contributed by atoms with van der Waals surface area (Å²) in [6.07, 6.45) is 12.2. The number of nitriles is 1. The van der Waals surface area contributed by atoms with Crippen molar-refractivity contribution < 1.29 is 4.42 Å². The second-order valence-electron chi connectivity index (χ2n) is 6.92. The highest BCUT2D eigenvalue weighted by Gasteiger charge is 2.27. The number of rotatable bonds is 7. The molecule has 0 aromatic carbocycles. The predicted molar refractivity (Wildman–Crippen MR) is 97.0 cm³/mol. The molecule has 2 aromatic heterocycles. The van der Waals surface area contributed by atoms with E-state index in [-0.39, 0.29) is 0 Å². The minimum absolute atomic E-state index is 0.346. The number of hydrogen-bond acceptors (Lipinski definition) is 5. The lowest BCUT2D eigenvalue weighted by Crippen LogP contribution is -2.13. The largest absolute Gasteiger partial charge is 0.424 e. The van der Waals surface area contributed by atoms with Crippen molar-refractivity contribution in [2.45, 2.75) is 64.3 Å². The summed E-state index contributed by atoms with van der Waals surface area (Å²) in [6, 6.07) is 6.03. The summed E-state index contributed by atoms with van der Waals surface area (Å²) in [4.78, 5) is 8.54. The molecule has 5 nitrogen and oxygen atoms in total. The molecule has 1 aliphatic rings. The van der Waals surface area contributed by atoms with Crippen LogP contribution in [-0.2, 0) is 6.54 Å². The summed E-state index contributed by atoms with van der Waals surface area (Å²) in [5.41, 5.74) is 1.40. The van der Waals surface area contributed by atoms with Crippen LogP contribution in [0, 0.1) is 17.2 Å². The van der Waals surface area contributed by atoms with Crippen molar-refractivity contribution in [3.63, 3.8) is 0 Å². The van der Waals surface area contributed by atoms with Gasteiger partial charge in [0.1, 0.15) is 6.07 Å². The summed E-state index contributed by atoms with van der Waals surface area (Å²) in [5.74, 6) is 2.40. The number of oxazole rings is 1. The predicted octanol–water partition coefficient (Wildman–Crippen LogP) is 5.02. The number of unbranched alkanes of at least 4 members (excludes halogenated alkanes) is 1. The van der Waals surface area contributed by atoms with Crippen LogP contribution in [0.25, 0.3) is 0 Å². The standard InChI is InChI=1S/C20H26N4O/c1-2-3-5-15-7-9-17(10-8-15)19-24-18(12-21)20(25-19)23-14-16-6-4-11-22-13-16/h4,6,11,13,15,17,23H,2-3,5,7-10,14H2,1H3. The van der Waals surface area contributed by atoms with Crippen molar-refractivity contribution in [3.8, 4) is 6.07 Å². The second kappa shape index (κ2) is 8.66. The van der Waals surface area contributed by atoms with Gasteiger partial charge in [-0.05, 0) is 43.2 Å². The molecule has 1 fully saturated rings. The maximum absolute atomic E-state index is 9.34. The van der Waals surface area contributed by atoms with Crippen molar-refractivity contribution in [2.75, 3.05) is 5.32 Å². The molecule has 1 saturated carbocycles. The maximum Gasteiger partial charge on any atom is 0.232 e. The molecule has 3 rings (SSSR count). The highest BCUT2D eigenvalue weighted by atomic mass is 16.4. The molecule has 132 valence electrons. The van der Waals surface area contributed by atoms with Crippen LogP contribution in [0.3, 0.4) is 0 Å². The van der Waals surface area contributed by atoms with Gasteiger partial charge in [0, 0.05) is 24.9 Å². The van der Waals surface area contributed by atoms with Crippen molar-refractivity contribution in [2.24, 2.45) is 5.92 Å². The monoisotopic (exact) mass is 338 g/mol. The molecule has 0 spiro atoms. The molecule has 25 heavy (non-hydrogen) atoms. The third kappa shape index (κ3) is 4.60. The van der Waals surface area contributed by atoms with Crippen molar-refractivity contribution in [1.29, 1.82) is 5.26 Å². The Morgan fingerprint density at radius 2 is 2.16 bits per heavy atom. The van der Waals surface area contributed by atoms with Crippen molar-refractivity contribution in [3.05, 3.63) is 41.7 Å². The Labute approximate surface area is 149 Å². The number of nitrogens with one attached hydrogen (secondary N) is 1. The minimum Gasteiger partial charge on any atom is -0.424 e. The van der Waals surface area contributed by atoms with Gasteiger partial charge in [-0.25, -0.2) is 4.98 Å². The molecule has 0 bridgehead atoms. The molecule has 2 heterocycles. The topological polar surface area (TPSA) is 74.7 Å². The van der Waals surface area contributed by atoms with Crippen molar-refractivity contribution in [1.82, 2.24) is 9.97 Å². The fourth-order valence-electron chi connectivity index (χ4n) is 3.58. The Balaban J connectivity index is 1.60. The molecule has 5 heteroatoms. The zero-order valence-electron chi connectivity index (χ0n) is 14.9. The molecular formula is C20H26N4O. The average Bonchev–Trinajstić information content (AvgIpc) is 3.09. The number of nitrogens with zero attached hydrogens (tertiary/aromatic N) is 3. The van der Waals surface area contributed by atoms with Gasteiger partial charge in [0.05, 0.1) is 0 Å². The SMILES string of the molecule is CCCCC1CCC(c2nc(C#N)c(NCc3cccnc3)o2)CC1. The van der Waals surface area contributed by atoms with Gasteiger partial charge in [-0.3, -0.25) is 4.98 Å². The zero-order valence-corrected chi connectivity index (χ0v) is 14.9. The molecule has 1 N–H and O–H groups in total. The molecule has 0 atom stereocenters. The van der Waals surface area contributed by atoms with Crippen LogP contribution >= 0.6 is 0 Å². The second-order valence-corrected chi connectivity index (χ2v) is 6.92. The normalized spacial score (nSPS) is 20.2. The molecule has 0 aliphatic heterocycles. The van der Waals surface area contributed by atoms with E-state index in [0.717, 1.165) is 30.2 Å². The van der Waals surface area contributed by atoms with E-state index in [9.17, 15) is 5.26 Å². The summed E-state index contributed by atoms with van der Waals surface area (Å²) < 4.78 is 5.92. The van der Waals surface area contributed by atoms with Gasteiger partial charge in [-0.1, -0.05) is 32.3 Å². The Kier molecular flexibility index (Phi) is 6.05. The fourth-order valence-corrected chi connectivity index (χ4v) is 3.58. The van der Waals surface area contributed by atoms with Crippen LogP contribution in [0.4, 0.5) is 5.88 Å². The van der Waals surface area contributed by atoms with Crippen LogP contribution in [0.15, 0.2) is 28.9 Å². The van der Waals surface area contributed by atoms with Crippen molar-refractivity contribution >= 4 is 5.88 Å². The third-order valence-corrected chi connectivity index (χ3v) is 5.09. The molecular weight excluding hydrogens is 312 g/mol. The maximum atomic E-state index is 9.34. The summed E-state index contributed by atoms with van der Waals surface area (Å²) in [6.45, 7) is 2.82. The van der Waals surface area contributed by atoms with Gasteiger partial charge in [0.2, 0.25) is 17.5 Å². The van der Waals surface area contributed by atoms with E-state index in [1.165, 1.54) is 32.1 Å². The van der Waals surface area contributed by atoms with Crippen LogP contribution in [-0.4, -0.2) is 9.97 Å². The first kappa shape index (κ1) is 17.5. The molecule has 0 saturated heterocycles. The smallest absolute Gasteiger partial charge is 0.232 e. The Morgan fingerprint density at radius 3 is 2.84 bits per heavy atom. The Morgan fingerprint density at radius 1 is 1.32 bits per heavy atom. The summed E-state index contributed by atoms with van der Waals surface area (Å²) >= 11 is 0. The number of pyridine rings is 1. The molecule has 0 amide bonds. The van der Waals surface area contributed by atoms with E-state index >= 15 is 0 Å². The van der Waals surface area contributed by atoms with E-state index in [0.29, 0.717) is 24.0 Å². The first-order valence-corrected chi connectivity index (χ1v) is 9.33. The lowest BCUT2D eigenvalue weighted by Gasteiger charge is -2.26.